The Kier molecular flexibility index (Phi) is 3.08. The maximum absolute atomic E-state index is 10.4. The van der Waals surface area contributed by atoms with E-state index in [9.17, 15) is 9.90 Å². The molecule has 0 unspecified atom stereocenters. The van der Waals surface area contributed by atoms with Crippen molar-refractivity contribution in [2.24, 2.45) is 0 Å². The van der Waals surface area contributed by atoms with Crippen molar-refractivity contribution in [3.8, 4) is 5.75 Å². The molecule has 1 rings (SSSR count). The van der Waals surface area contributed by atoms with Gasteiger partial charge in [0.15, 0.2) is 5.75 Å². The van der Waals surface area contributed by atoms with Gasteiger partial charge in [-0.05, 0) is 6.07 Å². The topological polar surface area (TPSA) is 83.5 Å². The number of benzene rings is 1. The summed E-state index contributed by atoms with van der Waals surface area (Å²) in [4.78, 5) is 10.4. The van der Waals surface area contributed by atoms with E-state index < -0.39 is 5.97 Å². The maximum Gasteiger partial charge on any atom is 0.307 e. The van der Waals surface area contributed by atoms with Crippen LogP contribution in [-0.2, 0) is 11.2 Å². The van der Waals surface area contributed by atoms with Crippen molar-refractivity contribution < 1.29 is 15.0 Å². The third-order valence-corrected chi connectivity index (χ3v) is 2.35. The number of aliphatic carboxylic acids is 1. The number of nitrogen functional groups attached to an aromatic ring is 1. The van der Waals surface area contributed by atoms with Crippen LogP contribution in [0, 0.1) is 0 Å². The van der Waals surface area contributed by atoms with E-state index in [0.29, 0.717) is 0 Å². The summed E-state index contributed by atoms with van der Waals surface area (Å²) in [5.41, 5.74) is 5.82. The fourth-order valence-electron chi connectivity index (χ4n) is 0.997. The lowest BCUT2D eigenvalue weighted by atomic mass is 10.1. The second-order valence-electron chi connectivity index (χ2n) is 2.66. The van der Waals surface area contributed by atoms with Gasteiger partial charge >= 0.3 is 5.97 Å². The van der Waals surface area contributed by atoms with E-state index in [1.54, 1.807) is 0 Å². The van der Waals surface area contributed by atoms with Gasteiger partial charge in [-0.25, -0.2) is 0 Å². The van der Waals surface area contributed by atoms with E-state index in [-0.39, 0.29) is 33.5 Å². The predicted molar refractivity (Wildman–Crippen MR) is 53.9 cm³/mol. The second-order valence-corrected chi connectivity index (χ2v) is 3.44. The summed E-state index contributed by atoms with van der Waals surface area (Å²) in [7, 11) is 0. The van der Waals surface area contributed by atoms with Gasteiger partial charge in [0.25, 0.3) is 0 Å². The summed E-state index contributed by atoms with van der Waals surface area (Å²) in [5, 5.41) is 17.7. The van der Waals surface area contributed by atoms with Crippen molar-refractivity contribution in [3.05, 3.63) is 21.7 Å². The molecule has 76 valence electrons. The molecule has 0 aliphatic carbocycles. The van der Waals surface area contributed by atoms with Gasteiger partial charge in [-0.15, -0.1) is 0 Å². The molecule has 0 aromatic heterocycles. The Labute approximate surface area is 89.9 Å². The molecule has 0 bridgehead atoms. The van der Waals surface area contributed by atoms with Crippen molar-refractivity contribution in [1.82, 2.24) is 0 Å². The van der Waals surface area contributed by atoms with Crippen molar-refractivity contribution in [3.63, 3.8) is 0 Å². The Balaban J connectivity index is 3.29. The van der Waals surface area contributed by atoms with Crippen LogP contribution in [0.25, 0.3) is 0 Å². The van der Waals surface area contributed by atoms with Crippen LogP contribution in [0.4, 0.5) is 5.69 Å². The smallest absolute Gasteiger partial charge is 0.307 e. The minimum Gasteiger partial charge on any atom is -0.505 e. The van der Waals surface area contributed by atoms with E-state index in [2.05, 4.69) is 0 Å². The Morgan fingerprint density at radius 2 is 2.07 bits per heavy atom. The monoisotopic (exact) mass is 235 g/mol. The van der Waals surface area contributed by atoms with Gasteiger partial charge in [-0.3, -0.25) is 4.79 Å². The number of phenols is 1. The molecule has 0 fully saturated rings. The number of carbonyl (C=O) groups is 1. The Morgan fingerprint density at radius 1 is 1.50 bits per heavy atom. The lowest BCUT2D eigenvalue weighted by molar-refractivity contribution is -0.136. The molecule has 0 spiro atoms. The predicted octanol–water partition coefficient (Wildman–Crippen LogP) is 1.91. The number of hydrogen-bond donors (Lipinski definition) is 3. The first kappa shape index (κ1) is 10.9. The zero-order valence-electron chi connectivity index (χ0n) is 6.92. The van der Waals surface area contributed by atoms with Crippen molar-refractivity contribution >= 4 is 34.9 Å². The summed E-state index contributed by atoms with van der Waals surface area (Å²) in [6.45, 7) is 0. The quantitative estimate of drug-likeness (QED) is 0.540. The van der Waals surface area contributed by atoms with Crippen LogP contribution in [0.2, 0.25) is 10.0 Å². The number of rotatable bonds is 2. The molecular weight excluding hydrogens is 229 g/mol. The van der Waals surface area contributed by atoms with E-state index in [4.69, 9.17) is 34.0 Å². The van der Waals surface area contributed by atoms with Crippen LogP contribution in [0.1, 0.15) is 5.56 Å². The van der Waals surface area contributed by atoms with Gasteiger partial charge in [0.1, 0.15) is 0 Å². The first-order valence-corrected chi connectivity index (χ1v) is 4.36. The van der Waals surface area contributed by atoms with Gasteiger partial charge in [0.2, 0.25) is 0 Å². The summed E-state index contributed by atoms with van der Waals surface area (Å²) >= 11 is 11.2. The number of carboxylic acid groups (broad SMARTS) is 1. The van der Waals surface area contributed by atoms with E-state index in [1.165, 1.54) is 6.07 Å². The zero-order valence-corrected chi connectivity index (χ0v) is 8.43. The molecule has 0 radical (unpaired) electrons. The van der Waals surface area contributed by atoms with Gasteiger partial charge in [0, 0.05) is 11.3 Å². The third kappa shape index (κ3) is 2.02. The molecule has 0 aliphatic rings. The lowest BCUT2D eigenvalue weighted by Gasteiger charge is -2.08. The number of hydrogen-bond acceptors (Lipinski definition) is 3. The first-order chi connectivity index (χ1) is 6.43. The molecule has 6 heteroatoms. The van der Waals surface area contributed by atoms with E-state index >= 15 is 0 Å². The second kappa shape index (κ2) is 3.94. The highest BCUT2D eigenvalue weighted by molar-refractivity contribution is 6.38. The Hall–Kier alpha value is -1.13. The summed E-state index contributed by atoms with van der Waals surface area (Å²) in [6, 6.07) is 1.26. The van der Waals surface area contributed by atoms with Crippen LogP contribution in [-0.4, -0.2) is 16.2 Å². The fourth-order valence-corrected chi connectivity index (χ4v) is 1.54. The van der Waals surface area contributed by atoms with Crippen LogP contribution in [0.15, 0.2) is 6.07 Å². The summed E-state index contributed by atoms with van der Waals surface area (Å²) < 4.78 is 0. The third-order valence-electron chi connectivity index (χ3n) is 1.66. The first-order valence-electron chi connectivity index (χ1n) is 3.60. The van der Waals surface area contributed by atoms with E-state index in [1.807, 2.05) is 0 Å². The maximum atomic E-state index is 10.4. The largest absolute Gasteiger partial charge is 0.505 e. The zero-order chi connectivity index (χ0) is 10.9. The molecule has 1 aromatic carbocycles. The number of anilines is 1. The Bertz CT molecular complexity index is 393. The molecule has 0 aliphatic heterocycles. The highest BCUT2D eigenvalue weighted by Crippen LogP contribution is 2.38. The molecule has 4 nitrogen and oxygen atoms in total. The minimum atomic E-state index is -1.08. The molecule has 0 saturated heterocycles. The van der Waals surface area contributed by atoms with Gasteiger partial charge < -0.3 is 15.9 Å². The molecule has 0 atom stereocenters. The molecule has 14 heavy (non-hydrogen) atoms. The molecule has 1 aromatic rings. The van der Waals surface area contributed by atoms with Gasteiger partial charge in [-0.2, -0.15) is 0 Å². The van der Waals surface area contributed by atoms with Crippen LogP contribution in [0.3, 0.4) is 0 Å². The highest BCUT2D eigenvalue weighted by Gasteiger charge is 2.15. The standard InChI is InChI=1S/C8H7Cl2NO3/c9-4-2-5(11)3(1-6(12)13)7(10)8(4)14/h2,14H,1,11H2,(H,12,13). The van der Waals surface area contributed by atoms with Gasteiger partial charge in [-0.1, -0.05) is 23.2 Å². The highest BCUT2D eigenvalue weighted by atomic mass is 35.5. The lowest BCUT2D eigenvalue weighted by Crippen LogP contribution is -2.04. The van der Waals surface area contributed by atoms with Gasteiger partial charge in [0.05, 0.1) is 16.5 Å². The van der Waals surface area contributed by atoms with Crippen molar-refractivity contribution in [1.29, 1.82) is 0 Å². The molecule has 0 heterocycles. The summed E-state index contributed by atoms with van der Waals surface area (Å²) in [5.74, 6) is -1.43. The molecule has 0 saturated carbocycles. The van der Waals surface area contributed by atoms with Crippen LogP contribution in [0.5, 0.6) is 5.75 Å². The molecular formula is C8H7Cl2NO3. The average Bonchev–Trinajstić information content (AvgIpc) is 2.09. The van der Waals surface area contributed by atoms with Crippen molar-refractivity contribution in [2.75, 3.05) is 5.73 Å². The van der Waals surface area contributed by atoms with Crippen molar-refractivity contribution in [2.45, 2.75) is 6.42 Å². The molecule has 4 N–H and O–H groups in total. The van der Waals surface area contributed by atoms with E-state index in [0.717, 1.165) is 0 Å². The molecule has 0 amide bonds. The van der Waals surface area contributed by atoms with Crippen LogP contribution < -0.4 is 5.73 Å². The normalized spacial score (nSPS) is 10.1. The summed E-state index contributed by atoms with van der Waals surface area (Å²) in [6.07, 6.45) is -0.352. The van der Waals surface area contributed by atoms with Crippen LogP contribution >= 0.6 is 23.2 Å². The average molecular weight is 236 g/mol. The number of halogens is 2. The number of carboxylic acids is 1. The minimum absolute atomic E-state index is 0.00152. The number of phenolic OH excluding ortho intramolecular Hbond substituents is 1. The number of aromatic hydroxyl groups is 1. The fraction of sp³-hybridized carbons (Fsp3) is 0.125. The number of nitrogens with two attached hydrogens (primary N) is 1. The SMILES string of the molecule is Nc1cc(Cl)c(O)c(Cl)c1CC(=O)O. The Morgan fingerprint density at radius 3 is 2.57 bits per heavy atom.